The largest absolute Gasteiger partial charge is 0.480 e. The molecule has 0 saturated heterocycles. The van der Waals surface area contributed by atoms with Crippen molar-refractivity contribution in [2.75, 3.05) is 6.61 Å². The van der Waals surface area contributed by atoms with Gasteiger partial charge in [0, 0.05) is 6.92 Å². The molecule has 5 heteroatoms. The van der Waals surface area contributed by atoms with Gasteiger partial charge < -0.3 is 14.9 Å². The molecule has 5 nitrogen and oxygen atoms in total. The zero-order valence-corrected chi connectivity index (χ0v) is 7.40. The van der Waals surface area contributed by atoms with Crippen LogP contribution < -0.4 is 0 Å². The van der Waals surface area contributed by atoms with Gasteiger partial charge in [0.15, 0.2) is 0 Å². The van der Waals surface area contributed by atoms with Crippen LogP contribution in [0.15, 0.2) is 0 Å². The van der Waals surface area contributed by atoms with Gasteiger partial charge in [-0.25, -0.2) is 4.79 Å². The molecule has 0 saturated carbocycles. The minimum atomic E-state index is -1.19. The lowest BCUT2D eigenvalue weighted by atomic mass is 10.5. The lowest BCUT2D eigenvalue weighted by Crippen LogP contribution is -2.06. The van der Waals surface area contributed by atoms with Gasteiger partial charge in [0.25, 0.3) is 0 Å². The monoisotopic (exact) mass is 178 g/mol. The number of hydrogen-bond donors (Lipinski definition) is 2. The summed E-state index contributed by atoms with van der Waals surface area (Å²) in [4.78, 5) is 19.2. The summed E-state index contributed by atoms with van der Waals surface area (Å²) >= 11 is 0. The molecule has 0 aromatic carbocycles. The number of carbonyl (C=O) groups excluding carboxylic acids is 1. The SMILES string of the molecule is CC(=O)OC(C)C.O=C(O)CO. The normalized spacial score (nSPS) is 8.42. The summed E-state index contributed by atoms with van der Waals surface area (Å²) in [5.41, 5.74) is 0. The molecule has 0 rings (SSSR count). The number of hydrogen-bond acceptors (Lipinski definition) is 4. The summed E-state index contributed by atoms with van der Waals surface area (Å²) < 4.78 is 4.61. The van der Waals surface area contributed by atoms with E-state index in [4.69, 9.17) is 15.0 Å². The molecule has 0 spiro atoms. The van der Waals surface area contributed by atoms with E-state index in [2.05, 4.69) is 4.74 Å². The maximum atomic E-state index is 10.0. The molecule has 0 atom stereocenters. The quantitative estimate of drug-likeness (QED) is 0.582. The predicted molar refractivity (Wildman–Crippen MR) is 41.6 cm³/mol. The van der Waals surface area contributed by atoms with Crippen molar-refractivity contribution in [1.29, 1.82) is 0 Å². The van der Waals surface area contributed by atoms with Gasteiger partial charge >= 0.3 is 11.9 Å². The number of carboxylic acids is 1. The van der Waals surface area contributed by atoms with Gasteiger partial charge in [0.05, 0.1) is 6.10 Å². The molecule has 0 unspecified atom stereocenters. The van der Waals surface area contributed by atoms with E-state index in [1.165, 1.54) is 6.92 Å². The molecule has 0 amide bonds. The van der Waals surface area contributed by atoms with Crippen LogP contribution in [0.2, 0.25) is 0 Å². The van der Waals surface area contributed by atoms with E-state index in [9.17, 15) is 4.79 Å². The minimum Gasteiger partial charge on any atom is -0.480 e. The molecule has 0 radical (unpaired) electrons. The third-order valence-electron chi connectivity index (χ3n) is 0.537. The number of carboxylic acid groups (broad SMARTS) is 1. The summed E-state index contributed by atoms with van der Waals surface area (Å²) in [6.45, 7) is 4.27. The van der Waals surface area contributed by atoms with E-state index in [-0.39, 0.29) is 12.1 Å². The smallest absolute Gasteiger partial charge is 0.329 e. The van der Waals surface area contributed by atoms with Crippen molar-refractivity contribution in [2.24, 2.45) is 0 Å². The third kappa shape index (κ3) is 23.1. The Balaban J connectivity index is 0. The second-order valence-electron chi connectivity index (χ2n) is 2.21. The van der Waals surface area contributed by atoms with Crippen LogP contribution in [0.1, 0.15) is 20.8 Å². The first-order chi connectivity index (χ1) is 5.40. The fraction of sp³-hybridized carbons (Fsp3) is 0.714. The van der Waals surface area contributed by atoms with Crippen LogP contribution in [-0.2, 0) is 14.3 Å². The highest BCUT2D eigenvalue weighted by Gasteiger charge is 1.93. The number of esters is 1. The third-order valence-corrected chi connectivity index (χ3v) is 0.537. The minimum absolute atomic E-state index is 0.0255. The van der Waals surface area contributed by atoms with E-state index < -0.39 is 12.6 Å². The molecule has 0 aliphatic heterocycles. The maximum Gasteiger partial charge on any atom is 0.329 e. The van der Waals surface area contributed by atoms with E-state index >= 15 is 0 Å². The van der Waals surface area contributed by atoms with E-state index in [0.717, 1.165) is 0 Å². The first kappa shape index (κ1) is 13.5. The Labute approximate surface area is 71.0 Å². The van der Waals surface area contributed by atoms with Crippen molar-refractivity contribution in [1.82, 2.24) is 0 Å². The molecule has 12 heavy (non-hydrogen) atoms. The molecule has 0 aliphatic carbocycles. The van der Waals surface area contributed by atoms with Crippen LogP contribution >= 0.6 is 0 Å². The summed E-state index contributed by atoms with van der Waals surface area (Å²) in [6.07, 6.45) is 0.0255. The van der Waals surface area contributed by atoms with Gasteiger partial charge in [-0.3, -0.25) is 4.79 Å². The fourth-order valence-corrected chi connectivity index (χ4v) is 0.332. The van der Waals surface area contributed by atoms with Gasteiger partial charge in [-0.1, -0.05) is 0 Å². The molecule has 2 N–H and O–H groups in total. The Morgan fingerprint density at radius 1 is 1.42 bits per heavy atom. The van der Waals surface area contributed by atoms with Crippen molar-refractivity contribution >= 4 is 11.9 Å². The zero-order valence-electron chi connectivity index (χ0n) is 7.40. The number of aliphatic hydroxyl groups excluding tert-OH is 1. The number of carbonyl (C=O) groups is 2. The Morgan fingerprint density at radius 2 is 1.75 bits per heavy atom. The molecular formula is C7H14O5. The molecule has 0 fully saturated rings. The van der Waals surface area contributed by atoms with Gasteiger partial charge in [-0.15, -0.1) is 0 Å². The van der Waals surface area contributed by atoms with E-state index in [1.807, 2.05) is 13.8 Å². The van der Waals surface area contributed by atoms with E-state index in [0.29, 0.717) is 0 Å². The molecule has 0 aromatic rings. The van der Waals surface area contributed by atoms with Crippen molar-refractivity contribution in [3.63, 3.8) is 0 Å². The molecule has 0 heterocycles. The second-order valence-corrected chi connectivity index (χ2v) is 2.21. The summed E-state index contributed by atoms with van der Waals surface area (Å²) in [5, 5.41) is 15.0. The Kier molecular flexibility index (Phi) is 8.99. The number of ether oxygens (including phenoxy) is 1. The average Bonchev–Trinajstić information content (AvgIpc) is 1.85. The van der Waals surface area contributed by atoms with Crippen molar-refractivity contribution in [3.05, 3.63) is 0 Å². The molecule has 0 aromatic heterocycles. The van der Waals surface area contributed by atoms with Crippen LogP contribution in [0.3, 0.4) is 0 Å². The highest BCUT2D eigenvalue weighted by atomic mass is 16.5. The number of aliphatic hydroxyl groups is 1. The highest BCUT2D eigenvalue weighted by molar-refractivity contribution is 5.67. The van der Waals surface area contributed by atoms with Crippen molar-refractivity contribution < 1.29 is 24.5 Å². The van der Waals surface area contributed by atoms with Gasteiger partial charge in [-0.05, 0) is 13.8 Å². The Morgan fingerprint density at radius 3 is 1.75 bits per heavy atom. The maximum absolute atomic E-state index is 10.0. The molecule has 72 valence electrons. The van der Waals surface area contributed by atoms with Crippen LogP contribution in [0, 0.1) is 0 Å². The standard InChI is InChI=1S/C5H10O2.C2H4O3/c1-4(2)7-5(3)6;3-1-2(4)5/h4H,1-3H3;3H,1H2,(H,4,5). The molecular weight excluding hydrogens is 164 g/mol. The van der Waals surface area contributed by atoms with Crippen molar-refractivity contribution in [2.45, 2.75) is 26.9 Å². The lowest BCUT2D eigenvalue weighted by Gasteiger charge is -2.01. The summed E-state index contributed by atoms with van der Waals surface area (Å²) in [5.74, 6) is -1.40. The average molecular weight is 178 g/mol. The number of rotatable bonds is 2. The van der Waals surface area contributed by atoms with Crippen LogP contribution in [-0.4, -0.2) is 34.9 Å². The molecule has 0 aliphatic rings. The number of aliphatic carboxylic acids is 1. The highest BCUT2D eigenvalue weighted by Crippen LogP contribution is 1.85. The first-order valence-corrected chi connectivity index (χ1v) is 3.40. The Bertz CT molecular complexity index is 141. The summed E-state index contributed by atoms with van der Waals surface area (Å²) in [7, 11) is 0. The topological polar surface area (TPSA) is 83.8 Å². The second kappa shape index (κ2) is 8.00. The molecule has 0 bridgehead atoms. The van der Waals surface area contributed by atoms with Gasteiger partial charge in [-0.2, -0.15) is 0 Å². The van der Waals surface area contributed by atoms with Gasteiger partial charge in [0.2, 0.25) is 0 Å². The summed E-state index contributed by atoms with van der Waals surface area (Å²) in [6, 6.07) is 0. The fourth-order valence-electron chi connectivity index (χ4n) is 0.332. The predicted octanol–water partition coefficient (Wildman–Crippen LogP) is 0.0212. The lowest BCUT2D eigenvalue weighted by molar-refractivity contribution is -0.144. The van der Waals surface area contributed by atoms with Gasteiger partial charge in [0.1, 0.15) is 6.61 Å². The van der Waals surface area contributed by atoms with Crippen LogP contribution in [0.4, 0.5) is 0 Å². The van der Waals surface area contributed by atoms with E-state index in [1.54, 1.807) is 0 Å². The van der Waals surface area contributed by atoms with Crippen molar-refractivity contribution in [3.8, 4) is 0 Å². The Hall–Kier alpha value is -1.10. The van der Waals surface area contributed by atoms with Crippen LogP contribution in [0.5, 0.6) is 0 Å². The first-order valence-electron chi connectivity index (χ1n) is 3.40. The van der Waals surface area contributed by atoms with Crippen LogP contribution in [0.25, 0.3) is 0 Å². The zero-order chi connectivity index (χ0) is 10.1.